The Labute approximate surface area is 63.0 Å². The number of H-pyrrole nitrogens is 1. The van der Waals surface area contributed by atoms with Gasteiger partial charge in [0.1, 0.15) is 0 Å². The second kappa shape index (κ2) is 2.41. The molecule has 0 amide bonds. The van der Waals surface area contributed by atoms with Crippen molar-refractivity contribution < 1.29 is 4.52 Å². The zero-order chi connectivity index (χ0) is 7.68. The smallest absolute Gasteiger partial charge is 0.340 e. The maximum Gasteiger partial charge on any atom is 0.440 e. The molecule has 1 aromatic heterocycles. The van der Waals surface area contributed by atoms with Crippen molar-refractivity contribution >= 4 is 5.95 Å². The van der Waals surface area contributed by atoms with E-state index in [0.717, 1.165) is 25.9 Å². The molecule has 1 N–H and O–H groups in total. The summed E-state index contributed by atoms with van der Waals surface area (Å²) in [7, 11) is 0. The lowest BCUT2D eigenvalue weighted by atomic mass is 10.4. The Kier molecular flexibility index (Phi) is 1.41. The molecule has 0 atom stereocenters. The van der Waals surface area contributed by atoms with Crippen LogP contribution in [0.1, 0.15) is 12.8 Å². The lowest BCUT2D eigenvalue weighted by Crippen LogP contribution is -2.19. The summed E-state index contributed by atoms with van der Waals surface area (Å²) in [6, 6.07) is 0. The van der Waals surface area contributed by atoms with Crippen molar-refractivity contribution in [1.29, 1.82) is 0 Å². The third-order valence-electron chi connectivity index (χ3n) is 1.83. The van der Waals surface area contributed by atoms with Gasteiger partial charge >= 0.3 is 5.76 Å². The largest absolute Gasteiger partial charge is 0.440 e. The van der Waals surface area contributed by atoms with Gasteiger partial charge in [0, 0.05) is 13.1 Å². The molecule has 1 aromatic rings. The summed E-state index contributed by atoms with van der Waals surface area (Å²) in [5, 5.41) is 3.58. The molecule has 0 bridgehead atoms. The minimum Gasteiger partial charge on any atom is -0.340 e. The molecule has 5 heteroatoms. The molecule has 11 heavy (non-hydrogen) atoms. The van der Waals surface area contributed by atoms with Crippen LogP contribution >= 0.6 is 0 Å². The molecular formula is C6H9N3O2. The van der Waals surface area contributed by atoms with Crippen LogP contribution in [0.2, 0.25) is 0 Å². The summed E-state index contributed by atoms with van der Waals surface area (Å²) < 4.78 is 4.37. The van der Waals surface area contributed by atoms with Gasteiger partial charge in [-0.15, -0.1) is 0 Å². The average molecular weight is 155 g/mol. The van der Waals surface area contributed by atoms with E-state index in [1.54, 1.807) is 0 Å². The number of anilines is 1. The maximum atomic E-state index is 10.5. The first-order valence-corrected chi connectivity index (χ1v) is 3.67. The highest BCUT2D eigenvalue weighted by Gasteiger charge is 2.15. The van der Waals surface area contributed by atoms with E-state index in [4.69, 9.17) is 0 Å². The summed E-state index contributed by atoms with van der Waals surface area (Å²) >= 11 is 0. The van der Waals surface area contributed by atoms with Crippen LogP contribution in [0.15, 0.2) is 9.32 Å². The van der Waals surface area contributed by atoms with Crippen molar-refractivity contribution in [3.05, 3.63) is 10.6 Å². The molecule has 60 valence electrons. The van der Waals surface area contributed by atoms with E-state index in [1.807, 2.05) is 4.90 Å². The fourth-order valence-corrected chi connectivity index (χ4v) is 1.29. The standard InChI is InChI=1S/C6H9N3O2/c10-6-7-5(8-11-6)9-3-1-2-4-9/h1-4H2,(H,7,8,10). The van der Waals surface area contributed by atoms with E-state index in [2.05, 4.69) is 14.7 Å². The van der Waals surface area contributed by atoms with Gasteiger partial charge < -0.3 is 4.90 Å². The first-order valence-electron chi connectivity index (χ1n) is 3.67. The van der Waals surface area contributed by atoms with Crippen LogP contribution in [-0.2, 0) is 0 Å². The normalized spacial score (nSPS) is 17.6. The maximum absolute atomic E-state index is 10.5. The third-order valence-corrected chi connectivity index (χ3v) is 1.83. The summed E-state index contributed by atoms with van der Waals surface area (Å²) in [6.45, 7) is 1.92. The topological polar surface area (TPSA) is 62.1 Å². The van der Waals surface area contributed by atoms with Crippen LogP contribution in [0.3, 0.4) is 0 Å². The molecule has 0 aromatic carbocycles. The average Bonchev–Trinajstić information content (AvgIpc) is 2.55. The summed E-state index contributed by atoms with van der Waals surface area (Å²) in [4.78, 5) is 15.1. The van der Waals surface area contributed by atoms with Crippen LogP contribution in [-0.4, -0.2) is 23.2 Å². The van der Waals surface area contributed by atoms with Crippen molar-refractivity contribution in [2.45, 2.75) is 12.8 Å². The highest BCUT2D eigenvalue weighted by Crippen LogP contribution is 2.12. The van der Waals surface area contributed by atoms with Crippen molar-refractivity contribution in [1.82, 2.24) is 10.1 Å². The van der Waals surface area contributed by atoms with E-state index >= 15 is 0 Å². The lowest BCUT2D eigenvalue weighted by molar-refractivity contribution is 0.386. The summed E-state index contributed by atoms with van der Waals surface area (Å²) in [5.41, 5.74) is 0. The van der Waals surface area contributed by atoms with Gasteiger partial charge in [0.15, 0.2) is 0 Å². The third kappa shape index (κ3) is 1.13. The fourth-order valence-electron chi connectivity index (χ4n) is 1.29. The zero-order valence-electron chi connectivity index (χ0n) is 6.04. The first kappa shape index (κ1) is 6.45. The van der Waals surface area contributed by atoms with E-state index in [1.165, 1.54) is 0 Å². The monoisotopic (exact) mass is 155 g/mol. The molecule has 1 aliphatic heterocycles. The number of hydrogen-bond acceptors (Lipinski definition) is 4. The van der Waals surface area contributed by atoms with Crippen LogP contribution in [0, 0.1) is 0 Å². The Morgan fingerprint density at radius 2 is 2.18 bits per heavy atom. The van der Waals surface area contributed by atoms with Crippen LogP contribution < -0.4 is 10.7 Å². The Balaban J connectivity index is 2.21. The fraction of sp³-hybridized carbons (Fsp3) is 0.667. The quantitative estimate of drug-likeness (QED) is 0.618. The molecule has 2 rings (SSSR count). The molecule has 1 saturated heterocycles. The summed E-state index contributed by atoms with van der Waals surface area (Å²) in [5.74, 6) is 0.0828. The Hall–Kier alpha value is -1.26. The SMILES string of the molecule is O=c1[nH]c(N2CCCC2)no1. The van der Waals surface area contributed by atoms with Crippen LogP contribution in [0.25, 0.3) is 0 Å². The number of nitrogens with one attached hydrogen (secondary N) is 1. The van der Waals surface area contributed by atoms with Crippen molar-refractivity contribution in [3.63, 3.8) is 0 Å². The molecule has 1 fully saturated rings. The van der Waals surface area contributed by atoms with Gasteiger partial charge in [-0.1, -0.05) is 0 Å². The number of hydrogen-bond donors (Lipinski definition) is 1. The van der Waals surface area contributed by atoms with Crippen LogP contribution in [0.4, 0.5) is 5.95 Å². The second-order valence-electron chi connectivity index (χ2n) is 2.61. The second-order valence-corrected chi connectivity index (χ2v) is 2.61. The first-order chi connectivity index (χ1) is 5.36. The Morgan fingerprint density at radius 3 is 2.73 bits per heavy atom. The predicted octanol–water partition coefficient (Wildman–Crippen LogP) is -0.0369. The highest BCUT2D eigenvalue weighted by molar-refractivity contribution is 5.27. The van der Waals surface area contributed by atoms with Gasteiger partial charge in [-0.2, -0.15) is 0 Å². The Bertz CT molecular complexity index is 284. The molecule has 0 saturated carbocycles. The molecular weight excluding hydrogens is 146 g/mol. The highest BCUT2D eigenvalue weighted by atomic mass is 16.5. The van der Waals surface area contributed by atoms with Gasteiger partial charge in [-0.3, -0.25) is 9.51 Å². The van der Waals surface area contributed by atoms with Crippen LogP contribution in [0.5, 0.6) is 0 Å². The van der Waals surface area contributed by atoms with E-state index in [0.29, 0.717) is 5.95 Å². The molecule has 0 aliphatic carbocycles. The molecule has 0 spiro atoms. The molecule has 1 aliphatic rings. The van der Waals surface area contributed by atoms with Crippen molar-refractivity contribution in [2.75, 3.05) is 18.0 Å². The minimum atomic E-state index is -0.480. The van der Waals surface area contributed by atoms with Gasteiger partial charge in [0.2, 0.25) is 5.95 Å². The van der Waals surface area contributed by atoms with E-state index in [-0.39, 0.29) is 0 Å². The van der Waals surface area contributed by atoms with Gasteiger partial charge in [0.05, 0.1) is 0 Å². The number of rotatable bonds is 1. The minimum absolute atomic E-state index is 0.480. The van der Waals surface area contributed by atoms with Crippen molar-refractivity contribution in [2.24, 2.45) is 0 Å². The molecule has 5 nitrogen and oxygen atoms in total. The van der Waals surface area contributed by atoms with Gasteiger partial charge in [0.25, 0.3) is 0 Å². The summed E-state index contributed by atoms with van der Waals surface area (Å²) in [6.07, 6.45) is 2.32. The van der Waals surface area contributed by atoms with E-state index < -0.39 is 5.76 Å². The van der Waals surface area contributed by atoms with E-state index in [9.17, 15) is 4.79 Å². The molecule has 0 unspecified atom stereocenters. The van der Waals surface area contributed by atoms with Gasteiger partial charge in [-0.05, 0) is 18.0 Å². The number of aromatic nitrogens is 2. The van der Waals surface area contributed by atoms with Crippen molar-refractivity contribution in [3.8, 4) is 0 Å². The molecule has 2 heterocycles. The number of nitrogens with zero attached hydrogens (tertiary/aromatic N) is 2. The van der Waals surface area contributed by atoms with Gasteiger partial charge in [-0.25, -0.2) is 4.79 Å². The predicted molar refractivity (Wildman–Crippen MR) is 38.6 cm³/mol. The Morgan fingerprint density at radius 1 is 1.45 bits per heavy atom. The zero-order valence-corrected chi connectivity index (χ0v) is 6.04. The molecule has 0 radical (unpaired) electrons. The lowest BCUT2D eigenvalue weighted by Gasteiger charge is -2.10. The number of aromatic amines is 1.